The second-order valence-corrected chi connectivity index (χ2v) is 3.09. The normalized spacial score (nSPS) is 15.4. The number of rotatable bonds is 2. The van der Waals surface area contributed by atoms with Gasteiger partial charge in [-0.15, -0.1) is 17.8 Å². The fraction of sp³-hybridized carbons (Fsp3) is 0.375. The highest BCUT2D eigenvalue weighted by molar-refractivity contribution is 7.09. The third-order valence-corrected chi connectivity index (χ3v) is 2.46. The highest BCUT2D eigenvalue weighted by Gasteiger charge is 2.26. The van der Waals surface area contributed by atoms with Crippen LogP contribution in [0.25, 0.3) is 0 Å². The lowest BCUT2D eigenvalue weighted by atomic mass is 10.0. The van der Waals surface area contributed by atoms with Crippen LogP contribution in [-0.2, 0) is 5.60 Å². The van der Waals surface area contributed by atoms with Crippen LogP contribution in [0.4, 0.5) is 0 Å². The first-order valence-corrected chi connectivity index (χ1v) is 4.21. The van der Waals surface area contributed by atoms with Gasteiger partial charge >= 0.3 is 0 Å². The van der Waals surface area contributed by atoms with Crippen molar-refractivity contribution >= 4 is 11.3 Å². The molecule has 11 heavy (non-hydrogen) atoms. The number of hydrogen-bond acceptors (Lipinski definition) is 3. The Morgan fingerprint density at radius 3 is 3.00 bits per heavy atom. The highest BCUT2D eigenvalue weighted by Crippen LogP contribution is 2.25. The zero-order chi connectivity index (χ0) is 8.32. The van der Waals surface area contributed by atoms with Gasteiger partial charge in [0.15, 0.2) is 5.60 Å². The van der Waals surface area contributed by atoms with Crippen molar-refractivity contribution < 1.29 is 5.11 Å². The SMILES string of the molecule is C#CC(O)(CC)c1nccs1. The van der Waals surface area contributed by atoms with Gasteiger partial charge in [-0.3, -0.25) is 0 Å². The summed E-state index contributed by atoms with van der Waals surface area (Å²) in [6, 6.07) is 0. The van der Waals surface area contributed by atoms with E-state index in [-0.39, 0.29) is 0 Å². The largest absolute Gasteiger partial charge is 0.371 e. The molecule has 1 unspecified atom stereocenters. The zero-order valence-electron chi connectivity index (χ0n) is 6.24. The molecule has 0 saturated heterocycles. The lowest BCUT2D eigenvalue weighted by molar-refractivity contribution is 0.0958. The topological polar surface area (TPSA) is 33.1 Å². The van der Waals surface area contributed by atoms with Gasteiger partial charge in [-0.2, -0.15) is 0 Å². The molecule has 0 aliphatic carbocycles. The second-order valence-electron chi connectivity index (χ2n) is 2.20. The van der Waals surface area contributed by atoms with Crippen LogP contribution in [0.1, 0.15) is 18.4 Å². The predicted octanol–water partition coefficient (Wildman–Crippen LogP) is 1.37. The second kappa shape index (κ2) is 3.04. The van der Waals surface area contributed by atoms with E-state index >= 15 is 0 Å². The maximum Gasteiger partial charge on any atom is 0.176 e. The lowest BCUT2D eigenvalue weighted by Crippen LogP contribution is -2.21. The van der Waals surface area contributed by atoms with Crippen LogP contribution in [0.2, 0.25) is 0 Å². The number of aliphatic hydroxyl groups is 1. The minimum atomic E-state index is -1.16. The average molecular weight is 167 g/mol. The van der Waals surface area contributed by atoms with E-state index in [1.165, 1.54) is 11.3 Å². The summed E-state index contributed by atoms with van der Waals surface area (Å²) in [5.41, 5.74) is -1.16. The summed E-state index contributed by atoms with van der Waals surface area (Å²) in [5, 5.41) is 12.1. The summed E-state index contributed by atoms with van der Waals surface area (Å²) in [5.74, 6) is 2.33. The molecule has 0 radical (unpaired) electrons. The van der Waals surface area contributed by atoms with Crippen LogP contribution in [0, 0.1) is 12.3 Å². The molecule has 1 aromatic heterocycles. The van der Waals surface area contributed by atoms with Gasteiger partial charge in [-0.1, -0.05) is 12.8 Å². The van der Waals surface area contributed by atoms with E-state index < -0.39 is 5.60 Å². The van der Waals surface area contributed by atoms with Gasteiger partial charge in [0.25, 0.3) is 0 Å². The molecule has 0 aliphatic heterocycles. The van der Waals surface area contributed by atoms with Gasteiger partial charge in [0.2, 0.25) is 0 Å². The van der Waals surface area contributed by atoms with Gasteiger partial charge < -0.3 is 5.11 Å². The fourth-order valence-electron chi connectivity index (χ4n) is 0.743. The van der Waals surface area contributed by atoms with E-state index in [9.17, 15) is 5.11 Å². The van der Waals surface area contributed by atoms with E-state index in [1.807, 2.05) is 6.92 Å². The van der Waals surface area contributed by atoms with E-state index in [0.29, 0.717) is 11.4 Å². The molecule has 0 aliphatic rings. The molecule has 1 rings (SSSR count). The van der Waals surface area contributed by atoms with Gasteiger partial charge in [-0.05, 0) is 6.42 Å². The quantitative estimate of drug-likeness (QED) is 0.675. The van der Waals surface area contributed by atoms with Gasteiger partial charge in [-0.25, -0.2) is 4.98 Å². The summed E-state index contributed by atoms with van der Waals surface area (Å²) >= 11 is 1.38. The maximum atomic E-state index is 9.70. The van der Waals surface area contributed by atoms with Crippen molar-refractivity contribution in [3.05, 3.63) is 16.6 Å². The van der Waals surface area contributed by atoms with Crippen LogP contribution in [0.15, 0.2) is 11.6 Å². The number of aromatic nitrogens is 1. The van der Waals surface area contributed by atoms with Crippen LogP contribution >= 0.6 is 11.3 Å². The van der Waals surface area contributed by atoms with E-state index in [4.69, 9.17) is 6.42 Å². The van der Waals surface area contributed by atoms with E-state index in [0.717, 1.165) is 0 Å². The number of nitrogens with zero attached hydrogens (tertiary/aromatic N) is 1. The van der Waals surface area contributed by atoms with E-state index in [2.05, 4.69) is 10.9 Å². The van der Waals surface area contributed by atoms with Crippen molar-refractivity contribution in [1.82, 2.24) is 4.98 Å². The molecule has 0 aromatic carbocycles. The Labute approximate surface area is 69.9 Å². The molecule has 1 heterocycles. The highest BCUT2D eigenvalue weighted by atomic mass is 32.1. The monoisotopic (exact) mass is 167 g/mol. The first kappa shape index (κ1) is 8.25. The molecule has 1 aromatic rings. The van der Waals surface area contributed by atoms with Crippen LogP contribution in [0.3, 0.4) is 0 Å². The van der Waals surface area contributed by atoms with Crippen LogP contribution in [0.5, 0.6) is 0 Å². The van der Waals surface area contributed by atoms with Crippen molar-refractivity contribution in [2.75, 3.05) is 0 Å². The molecule has 1 atom stereocenters. The van der Waals surface area contributed by atoms with Gasteiger partial charge in [0, 0.05) is 11.6 Å². The summed E-state index contributed by atoms with van der Waals surface area (Å²) in [6.07, 6.45) is 7.31. The Balaban J connectivity index is 2.99. The summed E-state index contributed by atoms with van der Waals surface area (Å²) in [7, 11) is 0. The molecule has 0 spiro atoms. The molecule has 2 nitrogen and oxygen atoms in total. The van der Waals surface area contributed by atoms with Crippen molar-refractivity contribution in [2.45, 2.75) is 18.9 Å². The molecule has 58 valence electrons. The standard InChI is InChI=1S/C8H9NOS/c1-3-8(10,4-2)7-9-5-6-11-7/h1,5-6,10H,4H2,2H3. The first-order chi connectivity index (χ1) is 5.23. The summed E-state index contributed by atoms with van der Waals surface area (Å²) in [4.78, 5) is 3.96. The molecular weight excluding hydrogens is 158 g/mol. The Bertz CT molecular complexity index is 262. The summed E-state index contributed by atoms with van der Waals surface area (Å²) in [6.45, 7) is 1.83. The Morgan fingerprint density at radius 2 is 2.64 bits per heavy atom. The number of hydrogen-bond donors (Lipinski definition) is 1. The summed E-state index contributed by atoms with van der Waals surface area (Å²) < 4.78 is 0. The minimum Gasteiger partial charge on any atom is -0.371 e. The third-order valence-electron chi connectivity index (χ3n) is 1.54. The van der Waals surface area contributed by atoms with E-state index in [1.54, 1.807) is 11.6 Å². The Morgan fingerprint density at radius 1 is 1.91 bits per heavy atom. The molecule has 1 N–H and O–H groups in total. The maximum absolute atomic E-state index is 9.70. The molecule has 0 saturated carbocycles. The third kappa shape index (κ3) is 1.42. The van der Waals surface area contributed by atoms with Crippen LogP contribution in [-0.4, -0.2) is 10.1 Å². The Kier molecular flexibility index (Phi) is 2.28. The Hall–Kier alpha value is -0.850. The molecule has 3 heteroatoms. The van der Waals surface area contributed by atoms with Crippen molar-refractivity contribution in [1.29, 1.82) is 0 Å². The smallest absolute Gasteiger partial charge is 0.176 e. The minimum absolute atomic E-state index is 0.497. The lowest BCUT2D eigenvalue weighted by Gasteiger charge is -2.15. The first-order valence-electron chi connectivity index (χ1n) is 3.33. The average Bonchev–Trinajstić information content (AvgIpc) is 2.55. The molecular formula is C8H9NOS. The zero-order valence-corrected chi connectivity index (χ0v) is 7.06. The van der Waals surface area contributed by atoms with Crippen molar-refractivity contribution in [3.63, 3.8) is 0 Å². The number of thiazole rings is 1. The molecule has 0 bridgehead atoms. The molecule has 0 amide bonds. The van der Waals surface area contributed by atoms with Gasteiger partial charge in [0.1, 0.15) is 5.01 Å². The predicted molar refractivity (Wildman–Crippen MR) is 45.1 cm³/mol. The van der Waals surface area contributed by atoms with Crippen molar-refractivity contribution in [3.8, 4) is 12.3 Å². The van der Waals surface area contributed by atoms with Crippen LogP contribution < -0.4 is 0 Å². The van der Waals surface area contributed by atoms with Crippen molar-refractivity contribution in [2.24, 2.45) is 0 Å². The molecule has 0 fully saturated rings. The number of terminal acetylenes is 1. The van der Waals surface area contributed by atoms with Gasteiger partial charge in [0.05, 0.1) is 0 Å². The fourth-order valence-corrected chi connectivity index (χ4v) is 1.51.